The molecule has 0 saturated heterocycles. The van der Waals surface area contributed by atoms with Gasteiger partial charge in [0.2, 0.25) is 11.7 Å². The summed E-state index contributed by atoms with van der Waals surface area (Å²) in [4.78, 5) is 9.15. The number of pyridine rings is 1. The summed E-state index contributed by atoms with van der Waals surface area (Å²) in [6, 6.07) is 37.7. The van der Waals surface area contributed by atoms with Crippen LogP contribution in [0.4, 0.5) is 8.78 Å². The molecule has 0 aliphatic carbocycles. The van der Waals surface area contributed by atoms with Crippen molar-refractivity contribution < 1.29 is 13.3 Å². The molecule has 0 aliphatic rings. The molecule has 0 aliphatic heterocycles. The van der Waals surface area contributed by atoms with Crippen molar-refractivity contribution in [2.75, 3.05) is 0 Å². The van der Waals surface area contributed by atoms with Gasteiger partial charge in [0, 0.05) is 41.6 Å². The molecule has 0 atom stereocenters. The molecule has 240 valence electrons. The Bertz CT molecular complexity index is 2290. The van der Waals surface area contributed by atoms with Gasteiger partial charge in [0.25, 0.3) is 0 Å². The van der Waals surface area contributed by atoms with Crippen LogP contribution in [0.3, 0.4) is 0 Å². The van der Waals surface area contributed by atoms with Crippen LogP contribution in [-0.4, -0.2) is 29.3 Å². The minimum atomic E-state index is -0.960. The number of rotatable bonds is 9. The standard InChI is InChI=1S/C40H30F2N6O/c1-2-12-37-44-39(46-49-37)35-24-43-36-22-19-27(25-47(35)36)33-26-48(45-38(33)32-21-20-31(41)23-34(32)42)40(28-13-6-3-7-14-28,29-15-8-4-9-16-29)30-17-10-5-11-18-30/h3-11,13-26H,2,12H2,1H3. The Labute approximate surface area is 281 Å². The fourth-order valence-electron chi connectivity index (χ4n) is 6.55. The first kappa shape index (κ1) is 30.1. The molecule has 0 unspecified atom stereocenters. The van der Waals surface area contributed by atoms with Crippen LogP contribution in [-0.2, 0) is 12.0 Å². The lowest BCUT2D eigenvalue weighted by Gasteiger charge is -2.36. The second kappa shape index (κ2) is 12.4. The Morgan fingerprint density at radius 2 is 1.39 bits per heavy atom. The largest absolute Gasteiger partial charge is 0.339 e. The lowest BCUT2D eigenvalue weighted by Crippen LogP contribution is -2.38. The van der Waals surface area contributed by atoms with Crippen LogP contribution in [0.2, 0.25) is 0 Å². The van der Waals surface area contributed by atoms with Crippen LogP contribution in [0.25, 0.3) is 39.5 Å². The molecule has 0 fully saturated rings. The molecule has 0 N–H and O–H groups in total. The molecule has 0 radical (unpaired) electrons. The first-order valence-corrected chi connectivity index (χ1v) is 16.1. The maximum Gasteiger partial charge on any atom is 0.226 e. The van der Waals surface area contributed by atoms with Gasteiger partial charge in [-0.3, -0.25) is 9.08 Å². The van der Waals surface area contributed by atoms with Crippen molar-refractivity contribution in [3.05, 3.63) is 174 Å². The van der Waals surface area contributed by atoms with Crippen LogP contribution >= 0.6 is 0 Å². The summed E-state index contributed by atoms with van der Waals surface area (Å²) in [5.41, 5.74) is 5.14. The van der Waals surface area contributed by atoms with Crippen molar-refractivity contribution in [1.29, 1.82) is 0 Å². The first-order chi connectivity index (χ1) is 24.1. The number of benzene rings is 4. The Morgan fingerprint density at radius 1 is 0.735 bits per heavy atom. The van der Waals surface area contributed by atoms with Gasteiger partial charge in [-0.25, -0.2) is 13.8 Å². The lowest BCUT2D eigenvalue weighted by molar-refractivity contribution is 0.377. The highest BCUT2D eigenvalue weighted by atomic mass is 19.1. The Morgan fingerprint density at radius 3 is 2.00 bits per heavy atom. The lowest BCUT2D eigenvalue weighted by atomic mass is 9.77. The number of nitrogens with zero attached hydrogens (tertiary/aromatic N) is 6. The minimum Gasteiger partial charge on any atom is -0.339 e. The molecule has 49 heavy (non-hydrogen) atoms. The normalized spacial score (nSPS) is 11.7. The summed E-state index contributed by atoms with van der Waals surface area (Å²) >= 11 is 0. The maximum atomic E-state index is 15.7. The van der Waals surface area contributed by atoms with Gasteiger partial charge in [0.05, 0.1) is 6.20 Å². The van der Waals surface area contributed by atoms with E-state index in [0.717, 1.165) is 34.7 Å². The molecular weight excluding hydrogens is 618 g/mol. The summed E-state index contributed by atoms with van der Waals surface area (Å²) in [6.07, 6.45) is 7.11. The topological polar surface area (TPSA) is 74.0 Å². The van der Waals surface area contributed by atoms with Gasteiger partial charge >= 0.3 is 0 Å². The predicted molar refractivity (Wildman–Crippen MR) is 184 cm³/mol. The van der Waals surface area contributed by atoms with E-state index in [9.17, 15) is 4.39 Å². The highest BCUT2D eigenvalue weighted by Crippen LogP contribution is 2.43. The van der Waals surface area contributed by atoms with E-state index in [4.69, 9.17) is 9.62 Å². The van der Waals surface area contributed by atoms with E-state index in [1.165, 1.54) is 12.1 Å². The van der Waals surface area contributed by atoms with E-state index in [-0.39, 0.29) is 5.56 Å². The van der Waals surface area contributed by atoms with Gasteiger partial charge in [-0.05, 0) is 47.4 Å². The zero-order valence-corrected chi connectivity index (χ0v) is 26.5. The molecule has 4 aromatic carbocycles. The summed E-state index contributed by atoms with van der Waals surface area (Å²) in [5, 5.41) is 9.41. The van der Waals surface area contributed by atoms with Gasteiger partial charge in [-0.1, -0.05) is 103 Å². The van der Waals surface area contributed by atoms with Gasteiger partial charge in [-0.15, -0.1) is 0 Å². The summed E-state index contributed by atoms with van der Waals surface area (Å²) in [5.74, 6) is -0.403. The fraction of sp³-hybridized carbons (Fsp3) is 0.100. The summed E-state index contributed by atoms with van der Waals surface area (Å²) in [7, 11) is 0. The van der Waals surface area contributed by atoms with E-state index in [0.29, 0.717) is 40.7 Å². The number of halogens is 2. The quantitative estimate of drug-likeness (QED) is 0.146. The van der Waals surface area contributed by atoms with Crippen molar-refractivity contribution in [3.8, 4) is 33.9 Å². The molecule has 0 spiro atoms. The van der Waals surface area contributed by atoms with Crippen molar-refractivity contribution in [1.82, 2.24) is 29.3 Å². The van der Waals surface area contributed by atoms with Crippen molar-refractivity contribution in [2.45, 2.75) is 25.3 Å². The minimum absolute atomic E-state index is 0.173. The van der Waals surface area contributed by atoms with Crippen LogP contribution in [0.15, 0.2) is 144 Å². The molecule has 0 bridgehead atoms. The molecule has 9 heteroatoms. The third kappa shape index (κ3) is 5.20. The number of hydrogen-bond donors (Lipinski definition) is 0. The molecule has 4 heterocycles. The molecule has 0 amide bonds. The van der Waals surface area contributed by atoms with Gasteiger partial charge in [0.15, 0.2) is 0 Å². The Hall–Kier alpha value is -6.22. The van der Waals surface area contributed by atoms with Gasteiger partial charge in [0.1, 0.15) is 34.2 Å². The number of aryl methyl sites for hydroxylation is 1. The highest BCUT2D eigenvalue weighted by Gasteiger charge is 2.40. The van der Waals surface area contributed by atoms with Crippen molar-refractivity contribution in [3.63, 3.8) is 0 Å². The van der Waals surface area contributed by atoms with Crippen LogP contribution in [0, 0.1) is 11.6 Å². The molecule has 8 aromatic rings. The van der Waals surface area contributed by atoms with E-state index < -0.39 is 17.2 Å². The maximum absolute atomic E-state index is 15.7. The number of fused-ring (bicyclic) bond motifs is 1. The smallest absolute Gasteiger partial charge is 0.226 e. The molecule has 0 saturated carbocycles. The second-order valence-electron chi connectivity index (χ2n) is 11.8. The number of imidazole rings is 1. The molecule has 4 aromatic heterocycles. The fourth-order valence-corrected chi connectivity index (χ4v) is 6.55. The van der Waals surface area contributed by atoms with Crippen LogP contribution in [0.1, 0.15) is 35.9 Å². The van der Waals surface area contributed by atoms with Gasteiger partial charge < -0.3 is 4.52 Å². The van der Waals surface area contributed by atoms with E-state index in [2.05, 4.69) is 51.5 Å². The Balaban J connectivity index is 1.42. The third-order valence-corrected chi connectivity index (χ3v) is 8.80. The average Bonchev–Trinajstić information content (AvgIpc) is 3.89. The Kier molecular flexibility index (Phi) is 7.64. The molecule has 8 rings (SSSR count). The zero-order chi connectivity index (χ0) is 33.4. The number of aromatic nitrogens is 6. The summed E-state index contributed by atoms with van der Waals surface area (Å²) in [6.45, 7) is 2.05. The first-order valence-electron chi connectivity index (χ1n) is 16.1. The number of hydrogen-bond acceptors (Lipinski definition) is 5. The van der Waals surface area contributed by atoms with Crippen molar-refractivity contribution >= 4 is 5.65 Å². The monoisotopic (exact) mass is 648 g/mol. The predicted octanol–water partition coefficient (Wildman–Crippen LogP) is 8.99. The average molecular weight is 649 g/mol. The van der Waals surface area contributed by atoms with Crippen LogP contribution in [0.5, 0.6) is 0 Å². The SMILES string of the molecule is CCCc1nc(-c2cnc3ccc(-c4cn(C(c5ccccc5)(c5ccccc5)c5ccccc5)nc4-c4ccc(F)cc4F)cn23)no1. The van der Waals surface area contributed by atoms with Crippen molar-refractivity contribution in [2.24, 2.45) is 0 Å². The van der Waals surface area contributed by atoms with Crippen LogP contribution < -0.4 is 0 Å². The van der Waals surface area contributed by atoms with E-state index >= 15 is 4.39 Å². The molecule has 7 nitrogen and oxygen atoms in total. The van der Waals surface area contributed by atoms with E-state index in [1.54, 1.807) is 6.20 Å². The third-order valence-electron chi connectivity index (χ3n) is 8.80. The second-order valence-corrected chi connectivity index (χ2v) is 11.8. The highest BCUT2D eigenvalue weighted by molar-refractivity contribution is 5.81. The van der Waals surface area contributed by atoms with E-state index in [1.807, 2.05) is 95.1 Å². The summed E-state index contributed by atoms with van der Waals surface area (Å²) < 4.78 is 39.2. The van der Waals surface area contributed by atoms with Gasteiger partial charge in [-0.2, -0.15) is 10.1 Å². The zero-order valence-electron chi connectivity index (χ0n) is 26.5. The molecular formula is C40H30F2N6O.